The number of nitrogens with one attached hydrogen (secondary N) is 1. The van der Waals surface area contributed by atoms with Gasteiger partial charge in [0.15, 0.2) is 0 Å². The summed E-state index contributed by atoms with van der Waals surface area (Å²) >= 11 is 0. The second kappa shape index (κ2) is 4.80. The van der Waals surface area contributed by atoms with Gasteiger partial charge in [0, 0.05) is 11.6 Å². The Labute approximate surface area is 75.8 Å². The van der Waals surface area contributed by atoms with E-state index in [4.69, 9.17) is 5.11 Å². The molecule has 0 rings (SSSR count). The molecule has 0 fully saturated rings. The minimum absolute atomic E-state index is 0.149. The van der Waals surface area contributed by atoms with Crippen LogP contribution in [0, 0.1) is 0 Å². The summed E-state index contributed by atoms with van der Waals surface area (Å²) in [6, 6.07) is 0.481. The first-order valence-electron chi connectivity index (χ1n) is 4.41. The molecule has 12 heavy (non-hydrogen) atoms. The van der Waals surface area contributed by atoms with E-state index in [-0.39, 0.29) is 12.1 Å². The summed E-state index contributed by atoms with van der Waals surface area (Å²) < 4.78 is 0. The number of hydrogen-bond acceptors (Lipinski definition) is 3. The summed E-state index contributed by atoms with van der Waals surface area (Å²) in [5, 5.41) is 12.3. The van der Waals surface area contributed by atoms with Crippen LogP contribution in [0.4, 0.5) is 0 Å². The Hall–Kier alpha value is -0.120. The molecule has 0 bridgehead atoms. The number of hydrogen-bond donors (Lipinski definition) is 2. The van der Waals surface area contributed by atoms with Crippen molar-refractivity contribution >= 4 is 0 Å². The molecule has 0 aliphatic heterocycles. The Balaban J connectivity index is 4.02. The van der Waals surface area contributed by atoms with Crippen LogP contribution in [0.25, 0.3) is 0 Å². The maximum Gasteiger partial charge on any atom is 0.0611 e. The topological polar surface area (TPSA) is 35.5 Å². The van der Waals surface area contributed by atoms with Gasteiger partial charge in [-0.15, -0.1) is 0 Å². The van der Waals surface area contributed by atoms with Gasteiger partial charge in [-0.1, -0.05) is 0 Å². The highest BCUT2D eigenvalue weighted by Gasteiger charge is 2.24. The van der Waals surface area contributed by atoms with Crippen LogP contribution in [0.5, 0.6) is 0 Å². The number of likely N-dealkylation sites (N-methyl/N-ethyl adjacent to an activating group) is 1. The minimum atomic E-state index is -0.149. The third kappa shape index (κ3) is 3.52. The highest BCUT2D eigenvalue weighted by molar-refractivity contribution is 4.84. The molecule has 2 unspecified atom stereocenters. The van der Waals surface area contributed by atoms with E-state index in [0.717, 1.165) is 6.42 Å². The first-order chi connectivity index (χ1) is 5.45. The predicted octanol–water partition coefficient (Wildman–Crippen LogP) is 0.297. The standard InChI is InChI=1S/C9H22N2O/c1-8(11(4)5)6-9(2,7-12)10-3/h8,10,12H,6-7H2,1-5H3. The van der Waals surface area contributed by atoms with E-state index in [2.05, 4.69) is 31.2 Å². The first-order valence-corrected chi connectivity index (χ1v) is 4.41. The van der Waals surface area contributed by atoms with E-state index in [1.54, 1.807) is 0 Å². The SMILES string of the molecule is CNC(C)(CO)CC(C)N(C)C. The van der Waals surface area contributed by atoms with Crippen molar-refractivity contribution in [3.8, 4) is 0 Å². The average Bonchev–Trinajstić information content (AvgIpc) is 2.04. The number of nitrogens with zero attached hydrogens (tertiary/aromatic N) is 1. The zero-order valence-electron chi connectivity index (χ0n) is 8.89. The van der Waals surface area contributed by atoms with E-state index >= 15 is 0 Å². The normalized spacial score (nSPS) is 19.2. The third-order valence-electron chi connectivity index (χ3n) is 2.58. The van der Waals surface area contributed by atoms with Gasteiger partial charge in [-0.25, -0.2) is 0 Å². The molecule has 3 nitrogen and oxygen atoms in total. The molecule has 74 valence electrons. The van der Waals surface area contributed by atoms with Gasteiger partial charge in [0.05, 0.1) is 6.61 Å². The van der Waals surface area contributed by atoms with E-state index in [1.165, 1.54) is 0 Å². The number of aliphatic hydroxyl groups excluding tert-OH is 1. The summed E-state index contributed by atoms with van der Waals surface area (Å²) in [7, 11) is 5.99. The van der Waals surface area contributed by atoms with Crippen molar-refractivity contribution in [3.05, 3.63) is 0 Å². The maximum absolute atomic E-state index is 9.13. The van der Waals surface area contributed by atoms with Crippen molar-refractivity contribution in [3.63, 3.8) is 0 Å². The third-order valence-corrected chi connectivity index (χ3v) is 2.58. The van der Waals surface area contributed by atoms with E-state index < -0.39 is 0 Å². The number of rotatable bonds is 5. The van der Waals surface area contributed by atoms with Gasteiger partial charge < -0.3 is 15.3 Å². The second-order valence-corrected chi connectivity index (χ2v) is 3.99. The van der Waals surface area contributed by atoms with Crippen molar-refractivity contribution in [2.45, 2.75) is 31.8 Å². The molecule has 0 heterocycles. The smallest absolute Gasteiger partial charge is 0.0611 e. The largest absolute Gasteiger partial charge is 0.394 e. The molecule has 0 saturated carbocycles. The van der Waals surface area contributed by atoms with Crippen molar-refractivity contribution in [1.29, 1.82) is 0 Å². The fourth-order valence-corrected chi connectivity index (χ4v) is 1.08. The van der Waals surface area contributed by atoms with Crippen molar-refractivity contribution < 1.29 is 5.11 Å². The summed E-state index contributed by atoms with van der Waals surface area (Å²) in [6.07, 6.45) is 0.951. The van der Waals surface area contributed by atoms with Crippen LogP contribution in [0.1, 0.15) is 20.3 Å². The highest BCUT2D eigenvalue weighted by Crippen LogP contribution is 2.13. The maximum atomic E-state index is 9.13. The molecule has 2 N–H and O–H groups in total. The monoisotopic (exact) mass is 174 g/mol. The lowest BCUT2D eigenvalue weighted by molar-refractivity contribution is 0.142. The Bertz CT molecular complexity index is 122. The zero-order valence-corrected chi connectivity index (χ0v) is 8.89. The fourth-order valence-electron chi connectivity index (χ4n) is 1.08. The van der Waals surface area contributed by atoms with Gasteiger partial charge in [0.1, 0.15) is 0 Å². The Kier molecular flexibility index (Phi) is 4.75. The summed E-state index contributed by atoms with van der Waals surface area (Å²) in [5.74, 6) is 0. The lowest BCUT2D eigenvalue weighted by atomic mass is 9.94. The van der Waals surface area contributed by atoms with Crippen LogP contribution in [0.3, 0.4) is 0 Å². The van der Waals surface area contributed by atoms with Gasteiger partial charge in [-0.05, 0) is 41.4 Å². The molecule has 0 aromatic heterocycles. The Morgan fingerprint density at radius 1 is 1.50 bits per heavy atom. The van der Waals surface area contributed by atoms with Gasteiger partial charge >= 0.3 is 0 Å². The van der Waals surface area contributed by atoms with E-state index in [0.29, 0.717) is 6.04 Å². The van der Waals surface area contributed by atoms with E-state index in [9.17, 15) is 0 Å². The lowest BCUT2D eigenvalue weighted by Gasteiger charge is -2.32. The summed E-state index contributed by atoms with van der Waals surface area (Å²) in [6.45, 7) is 4.37. The summed E-state index contributed by atoms with van der Waals surface area (Å²) in [4.78, 5) is 2.16. The van der Waals surface area contributed by atoms with Crippen molar-refractivity contribution in [1.82, 2.24) is 10.2 Å². The quantitative estimate of drug-likeness (QED) is 0.629. The van der Waals surface area contributed by atoms with Gasteiger partial charge in [-0.3, -0.25) is 0 Å². The number of aliphatic hydroxyl groups is 1. The molecule has 0 saturated heterocycles. The molecule has 3 heteroatoms. The molecule has 0 amide bonds. The van der Waals surface area contributed by atoms with Gasteiger partial charge in [0.25, 0.3) is 0 Å². The molecule has 0 radical (unpaired) electrons. The average molecular weight is 174 g/mol. The fraction of sp³-hybridized carbons (Fsp3) is 1.00. The molecule has 0 aromatic rings. The Morgan fingerprint density at radius 2 is 2.00 bits per heavy atom. The van der Waals surface area contributed by atoms with Gasteiger partial charge in [-0.2, -0.15) is 0 Å². The molecule has 2 atom stereocenters. The van der Waals surface area contributed by atoms with Crippen LogP contribution in [-0.4, -0.2) is 49.3 Å². The first kappa shape index (κ1) is 11.9. The second-order valence-electron chi connectivity index (χ2n) is 3.99. The van der Waals surface area contributed by atoms with Crippen LogP contribution < -0.4 is 5.32 Å². The van der Waals surface area contributed by atoms with Crippen LogP contribution in [0.2, 0.25) is 0 Å². The molecule has 0 spiro atoms. The molecular formula is C9H22N2O. The molecule has 0 aliphatic carbocycles. The molecule has 0 aliphatic rings. The lowest BCUT2D eigenvalue weighted by Crippen LogP contribution is -2.47. The van der Waals surface area contributed by atoms with Crippen LogP contribution in [0.15, 0.2) is 0 Å². The minimum Gasteiger partial charge on any atom is -0.394 e. The van der Waals surface area contributed by atoms with E-state index in [1.807, 2.05) is 14.0 Å². The summed E-state index contributed by atoms with van der Waals surface area (Å²) in [5.41, 5.74) is -0.149. The van der Waals surface area contributed by atoms with Crippen molar-refractivity contribution in [2.75, 3.05) is 27.7 Å². The Morgan fingerprint density at radius 3 is 2.25 bits per heavy atom. The van der Waals surface area contributed by atoms with Crippen molar-refractivity contribution in [2.24, 2.45) is 0 Å². The van der Waals surface area contributed by atoms with Gasteiger partial charge in [0.2, 0.25) is 0 Å². The highest BCUT2D eigenvalue weighted by atomic mass is 16.3. The van der Waals surface area contributed by atoms with Crippen LogP contribution in [-0.2, 0) is 0 Å². The van der Waals surface area contributed by atoms with Crippen LogP contribution >= 0.6 is 0 Å². The molecular weight excluding hydrogens is 152 g/mol. The molecule has 0 aromatic carbocycles. The predicted molar refractivity (Wildman–Crippen MR) is 52.3 cm³/mol. The zero-order chi connectivity index (χ0) is 9.78.